The van der Waals surface area contributed by atoms with Gasteiger partial charge < -0.3 is 4.74 Å². The van der Waals surface area contributed by atoms with Gasteiger partial charge in [0.25, 0.3) is 0 Å². The number of rotatable bonds is 4. The van der Waals surface area contributed by atoms with Gasteiger partial charge in [-0.25, -0.2) is 0 Å². The van der Waals surface area contributed by atoms with Crippen molar-refractivity contribution in [3.05, 3.63) is 29.3 Å². The number of Topliss-reactive ketones (excluding diaryl/α,β-unsaturated/α-hetero) is 1. The largest absolute Gasteiger partial charge is 0.482 e. The van der Waals surface area contributed by atoms with E-state index >= 15 is 0 Å². The third-order valence-electron chi connectivity index (χ3n) is 4.02. The Morgan fingerprint density at radius 1 is 1.28 bits per heavy atom. The van der Waals surface area contributed by atoms with E-state index in [4.69, 9.17) is 4.74 Å². The molecular weight excluding hydrogens is 224 g/mol. The second kappa shape index (κ2) is 4.75. The van der Waals surface area contributed by atoms with Gasteiger partial charge in [-0.2, -0.15) is 0 Å². The maximum absolute atomic E-state index is 12.2. The van der Waals surface area contributed by atoms with E-state index in [-0.39, 0.29) is 17.3 Å². The number of fused-ring (bicyclic) bond motifs is 1. The van der Waals surface area contributed by atoms with Crippen molar-refractivity contribution in [1.29, 1.82) is 0 Å². The van der Waals surface area contributed by atoms with Crippen LogP contribution >= 0.6 is 0 Å². The number of hydrogen-bond acceptors (Lipinski definition) is 2. The Morgan fingerprint density at radius 3 is 2.61 bits per heavy atom. The minimum Gasteiger partial charge on any atom is -0.482 e. The quantitative estimate of drug-likeness (QED) is 0.799. The first-order valence-electron chi connectivity index (χ1n) is 6.85. The molecule has 0 fully saturated rings. The first kappa shape index (κ1) is 13.1. The smallest absolute Gasteiger partial charge is 0.207 e. The van der Waals surface area contributed by atoms with Gasteiger partial charge in [0.2, 0.25) is 5.78 Å². The molecule has 1 heterocycles. The number of benzene rings is 1. The van der Waals surface area contributed by atoms with Crippen molar-refractivity contribution in [3.63, 3.8) is 0 Å². The predicted octanol–water partition coefficient (Wildman–Crippen LogP) is 4.12. The molecule has 0 aliphatic carbocycles. The fourth-order valence-electron chi connectivity index (χ4n) is 2.28. The maximum Gasteiger partial charge on any atom is 0.207 e. The lowest BCUT2D eigenvalue weighted by molar-refractivity contribution is 0.0845. The van der Waals surface area contributed by atoms with E-state index in [0.29, 0.717) is 0 Å². The number of ketones is 1. The molecule has 0 radical (unpaired) electrons. The average molecular weight is 246 g/mol. The van der Waals surface area contributed by atoms with Gasteiger partial charge in [0.15, 0.2) is 6.10 Å². The highest BCUT2D eigenvalue weighted by Crippen LogP contribution is 2.35. The van der Waals surface area contributed by atoms with Crippen molar-refractivity contribution in [2.45, 2.75) is 58.5 Å². The summed E-state index contributed by atoms with van der Waals surface area (Å²) in [5.41, 5.74) is 2.10. The summed E-state index contributed by atoms with van der Waals surface area (Å²) in [5.74, 6) is 0.912. The van der Waals surface area contributed by atoms with E-state index in [9.17, 15) is 4.79 Å². The van der Waals surface area contributed by atoms with Gasteiger partial charge in [-0.15, -0.1) is 0 Å². The number of ether oxygens (including phenoxy) is 1. The lowest BCUT2D eigenvalue weighted by Gasteiger charge is -2.23. The van der Waals surface area contributed by atoms with Crippen LogP contribution in [0.2, 0.25) is 0 Å². The lowest BCUT2D eigenvalue weighted by atomic mass is 9.81. The van der Waals surface area contributed by atoms with Crippen LogP contribution in [0.5, 0.6) is 5.75 Å². The summed E-state index contributed by atoms with van der Waals surface area (Å²) in [6, 6.07) is 6.07. The fourth-order valence-corrected chi connectivity index (χ4v) is 2.28. The molecule has 0 aromatic heterocycles. The van der Waals surface area contributed by atoms with E-state index in [1.54, 1.807) is 0 Å². The highest BCUT2D eigenvalue weighted by Gasteiger charge is 2.32. The van der Waals surface area contributed by atoms with Crippen LogP contribution in [0.15, 0.2) is 18.2 Å². The van der Waals surface area contributed by atoms with E-state index in [2.05, 4.69) is 33.8 Å². The zero-order chi connectivity index (χ0) is 13.3. The second-order valence-corrected chi connectivity index (χ2v) is 5.71. The van der Waals surface area contributed by atoms with Crippen LogP contribution in [0.1, 0.15) is 62.9 Å². The van der Waals surface area contributed by atoms with Gasteiger partial charge in [0, 0.05) is 0 Å². The molecule has 18 heavy (non-hydrogen) atoms. The van der Waals surface area contributed by atoms with Gasteiger partial charge in [0.05, 0.1) is 5.56 Å². The summed E-state index contributed by atoms with van der Waals surface area (Å²) in [7, 11) is 0. The highest BCUT2D eigenvalue weighted by molar-refractivity contribution is 6.04. The van der Waals surface area contributed by atoms with Gasteiger partial charge in [-0.1, -0.05) is 40.2 Å². The zero-order valence-electron chi connectivity index (χ0n) is 11.7. The summed E-state index contributed by atoms with van der Waals surface area (Å²) in [4.78, 5) is 12.2. The number of carbonyl (C=O) groups is 1. The molecule has 2 heteroatoms. The standard InChI is InChI=1S/C16H22O2/c1-5-7-14-15(17)12-10-11(16(3,4)6-2)8-9-13(12)18-14/h8-10,14H,5-7H2,1-4H3. The number of carbonyl (C=O) groups excluding carboxylic acids is 1. The van der Waals surface area contributed by atoms with Gasteiger partial charge >= 0.3 is 0 Å². The van der Waals surface area contributed by atoms with Crippen molar-refractivity contribution in [2.24, 2.45) is 0 Å². The minimum atomic E-state index is -0.259. The molecule has 0 saturated heterocycles. The monoisotopic (exact) mass is 246 g/mol. The van der Waals surface area contributed by atoms with Crippen LogP contribution in [0.4, 0.5) is 0 Å². The summed E-state index contributed by atoms with van der Waals surface area (Å²) in [6.07, 6.45) is 2.57. The molecule has 0 amide bonds. The molecule has 1 unspecified atom stereocenters. The molecule has 0 spiro atoms. The number of hydrogen-bond donors (Lipinski definition) is 0. The third-order valence-corrected chi connectivity index (χ3v) is 4.02. The van der Waals surface area contributed by atoms with Gasteiger partial charge in [0.1, 0.15) is 5.75 Å². The predicted molar refractivity (Wildman–Crippen MR) is 73.4 cm³/mol. The maximum atomic E-state index is 12.2. The Labute approximate surface area is 109 Å². The molecule has 0 saturated carbocycles. The first-order valence-corrected chi connectivity index (χ1v) is 6.85. The van der Waals surface area contributed by atoms with Crippen molar-refractivity contribution >= 4 is 5.78 Å². The molecule has 2 nitrogen and oxygen atoms in total. The van der Waals surface area contributed by atoms with Crippen LogP contribution in [0.25, 0.3) is 0 Å². The van der Waals surface area contributed by atoms with Crippen molar-refractivity contribution in [2.75, 3.05) is 0 Å². The molecule has 1 aromatic carbocycles. The highest BCUT2D eigenvalue weighted by atomic mass is 16.5. The molecular formula is C16H22O2. The van der Waals surface area contributed by atoms with Gasteiger partial charge in [-0.3, -0.25) is 4.79 Å². The van der Waals surface area contributed by atoms with E-state index in [0.717, 1.165) is 30.6 Å². The second-order valence-electron chi connectivity index (χ2n) is 5.71. The molecule has 1 aliphatic heterocycles. The van der Waals surface area contributed by atoms with Crippen LogP contribution in [0, 0.1) is 0 Å². The topological polar surface area (TPSA) is 26.3 Å². The molecule has 98 valence electrons. The fraction of sp³-hybridized carbons (Fsp3) is 0.562. The Hall–Kier alpha value is -1.31. The Kier molecular flexibility index (Phi) is 3.47. The molecule has 1 atom stereocenters. The zero-order valence-corrected chi connectivity index (χ0v) is 11.7. The van der Waals surface area contributed by atoms with E-state index < -0.39 is 0 Å². The Bertz CT molecular complexity index is 460. The lowest BCUT2D eigenvalue weighted by Crippen LogP contribution is -2.20. The molecule has 1 aromatic rings. The summed E-state index contributed by atoms with van der Waals surface area (Å²) in [5, 5.41) is 0. The average Bonchev–Trinajstić information content (AvgIpc) is 2.67. The summed E-state index contributed by atoms with van der Waals surface area (Å²) < 4.78 is 5.71. The first-order chi connectivity index (χ1) is 8.49. The minimum absolute atomic E-state index is 0.109. The van der Waals surface area contributed by atoms with Crippen LogP contribution < -0.4 is 4.74 Å². The van der Waals surface area contributed by atoms with E-state index in [1.807, 2.05) is 12.1 Å². The molecule has 0 N–H and O–H groups in total. The third kappa shape index (κ3) is 2.16. The normalized spacial score (nSPS) is 18.7. The molecule has 0 bridgehead atoms. The van der Waals surface area contributed by atoms with Gasteiger partial charge in [-0.05, 0) is 36.0 Å². The SMILES string of the molecule is CCCC1Oc2ccc(C(C)(C)CC)cc2C1=O. The molecule has 1 aliphatic rings. The van der Waals surface area contributed by atoms with Crippen molar-refractivity contribution in [3.8, 4) is 5.75 Å². The summed E-state index contributed by atoms with van der Waals surface area (Å²) in [6.45, 7) is 8.66. The van der Waals surface area contributed by atoms with Crippen molar-refractivity contribution < 1.29 is 9.53 Å². The molecule has 2 rings (SSSR count). The van der Waals surface area contributed by atoms with E-state index in [1.165, 1.54) is 5.56 Å². The Morgan fingerprint density at radius 2 is 2.00 bits per heavy atom. The van der Waals surface area contributed by atoms with Crippen LogP contribution in [0.3, 0.4) is 0 Å². The van der Waals surface area contributed by atoms with Crippen LogP contribution in [-0.2, 0) is 5.41 Å². The van der Waals surface area contributed by atoms with Crippen LogP contribution in [-0.4, -0.2) is 11.9 Å². The van der Waals surface area contributed by atoms with Crippen molar-refractivity contribution in [1.82, 2.24) is 0 Å². The Balaban J connectivity index is 2.33. The summed E-state index contributed by atoms with van der Waals surface area (Å²) >= 11 is 0.